The van der Waals surface area contributed by atoms with Crippen LogP contribution in [0.25, 0.3) is 0 Å². The second-order valence-corrected chi connectivity index (χ2v) is 5.47. The predicted octanol–water partition coefficient (Wildman–Crippen LogP) is 3.40. The Balaban J connectivity index is 1.84. The summed E-state index contributed by atoms with van der Waals surface area (Å²) in [4.78, 5) is 23.0. The Hall–Kier alpha value is -2.37. The third kappa shape index (κ3) is 5.09. The zero-order chi connectivity index (χ0) is 16.8. The number of nitrogens with one attached hydrogen (secondary N) is 2. The topological polar surface area (TPSA) is 78.4 Å². The molecule has 0 radical (unpaired) electrons. The van der Waals surface area contributed by atoms with E-state index in [1.165, 1.54) is 6.92 Å². The quantitative estimate of drug-likeness (QED) is 0.734. The molecule has 0 aromatic heterocycles. The summed E-state index contributed by atoms with van der Waals surface area (Å²) in [5.74, 6) is -0.0351. The summed E-state index contributed by atoms with van der Waals surface area (Å²) in [5, 5.41) is 15.8. The molecule has 3 N–H and O–H groups in total. The smallest absolute Gasteiger partial charge is 0.319 e. The molecule has 0 bridgehead atoms. The van der Waals surface area contributed by atoms with Gasteiger partial charge in [0.2, 0.25) is 0 Å². The van der Waals surface area contributed by atoms with E-state index in [0.717, 1.165) is 0 Å². The van der Waals surface area contributed by atoms with Crippen molar-refractivity contribution in [1.82, 2.24) is 5.32 Å². The highest BCUT2D eigenvalue weighted by Crippen LogP contribution is 2.16. The molecule has 0 heterocycles. The normalized spacial score (nSPS) is 11.6. The van der Waals surface area contributed by atoms with Crippen LogP contribution in [0.15, 0.2) is 48.5 Å². The summed E-state index contributed by atoms with van der Waals surface area (Å²) in [6.45, 7) is 1.55. The third-order valence-electron chi connectivity index (χ3n) is 3.26. The first-order chi connectivity index (χ1) is 11.0. The number of Topliss-reactive ketones (excluding diaryl/α,β-unsaturated/α-hetero) is 1. The van der Waals surface area contributed by atoms with Crippen molar-refractivity contribution in [2.24, 2.45) is 0 Å². The lowest BCUT2D eigenvalue weighted by atomic mass is 10.1. The first-order valence-electron chi connectivity index (χ1n) is 7.05. The number of aliphatic hydroxyl groups excluding tert-OH is 1. The van der Waals surface area contributed by atoms with Gasteiger partial charge in [0.1, 0.15) is 0 Å². The van der Waals surface area contributed by atoms with Crippen molar-refractivity contribution in [3.63, 3.8) is 0 Å². The fourth-order valence-electron chi connectivity index (χ4n) is 1.96. The van der Waals surface area contributed by atoms with Crippen molar-refractivity contribution in [3.05, 3.63) is 64.7 Å². The highest BCUT2D eigenvalue weighted by Gasteiger charge is 2.09. The minimum absolute atomic E-state index is 0.0351. The highest BCUT2D eigenvalue weighted by molar-refractivity contribution is 6.30. The molecule has 120 valence electrons. The Kier molecular flexibility index (Phi) is 5.73. The van der Waals surface area contributed by atoms with E-state index in [9.17, 15) is 14.7 Å². The first-order valence-corrected chi connectivity index (χ1v) is 7.43. The number of rotatable bonds is 5. The maximum absolute atomic E-state index is 11.8. The van der Waals surface area contributed by atoms with Crippen LogP contribution in [0.5, 0.6) is 0 Å². The molecule has 0 saturated heterocycles. The molecule has 2 aromatic rings. The molecule has 0 spiro atoms. The van der Waals surface area contributed by atoms with Gasteiger partial charge >= 0.3 is 6.03 Å². The number of urea groups is 1. The third-order valence-corrected chi connectivity index (χ3v) is 3.51. The number of carbonyl (C=O) groups excluding carboxylic acids is 2. The van der Waals surface area contributed by atoms with Gasteiger partial charge in [0.05, 0.1) is 6.10 Å². The van der Waals surface area contributed by atoms with E-state index >= 15 is 0 Å². The molecule has 5 nitrogen and oxygen atoms in total. The summed E-state index contributed by atoms with van der Waals surface area (Å²) < 4.78 is 0. The standard InChI is InChI=1S/C17H17ClN2O3/c1-11(21)12-4-8-15(9-5-12)20-17(23)19-10-16(22)13-2-6-14(18)7-3-13/h2-9,16,22H,10H2,1H3,(H2,19,20,23). The fraction of sp³-hybridized carbons (Fsp3) is 0.176. The molecule has 2 rings (SSSR count). The lowest BCUT2D eigenvalue weighted by Gasteiger charge is -2.13. The van der Waals surface area contributed by atoms with Crippen LogP contribution in [0.4, 0.5) is 10.5 Å². The van der Waals surface area contributed by atoms with Crippen LogP contribution in [0.2, 0.25) is 5.02 Å². The number of carbonyl (C=O) groups is 2. The molecule has 0 aliphatic carbocycles. The average Bonchev–Trinajstić information content (AvgIpc) is 2.54. The van der Waals surface area contributed by atoms with Gasteiger partial charge in [-0.05, 0) is 48.9 Å². The molecule has 6 heteroatoms. The number of aliphatic hydroxyl groups is 1. The molecule has 2 amide bonds. The van der Waals surface area contributed by atoms with E-state index in [0.29, 0.717) is 21.8 Å². The van der Waals surface area contributed by atoms with Gasteiger partial charge in [-0.1, -0.05) is 23.7 Å². The highest BCUT2D eigenvalue weighted by atomic mass is 35.5. The van der Waals surface area contributed by atoms with Gasteiger partial charge in [-0.2, -0.15) is 0 Å². The minimum atomic E-state index is -0.821. The molecule has 0 aliphatic rings. The molecular weight excluding hydrogens is 316 g/mol. The van der Waals surface area contributed by atoms with Gasteiger partial charge < -0.3 is 15.7 Å². The summed E-state index contributed by atoms with van der Waals surface area (Å²) in [7, 11) is 0. The van der Waals surface area contributed by atoms with E-state index in [4.69, 9.17) is 11.6 Å². The summed E-state index contributed by atoms with van der Waals surface area (Å²) >= 11 is 5.78. The fourth-order valence-corrected chi connectivity index (χ4v) is 2.08. The van der Waals surface area contributed by atoms with E-state index < -0.39 is 12.1 Å². The van der Waals surface area contributed by atoms with Crippen molar-refractivity contribution in [3.8, 4) is 0 Å². The van der Waals surface area contributed by atoms with E-state index in [1.54, 1.807) is 48.5 Å². The average molecular weight is 333 g/mol. The zero-order valence-corrected chi connectivity index (χ0v) is 13.3. The molecule has 23 heavy (non-hydrogen) atoms. The van der Waals surface area contributed by atoms with Crippen LogP contribution in [-0.2, 0) is 0 Å². The van der Waals surface area contributed by atoms with Gasteiger partial charge in [0, 0.05) is 22.8 Å². The first kappa shape index (κ1) is 17.0. The Labute approximate surface area is 139 Å². The van der Waals surface area contributed by atoms with E-state index in [2.05, 4.69) is 10.6 Å². The number of anilines is 1. The van der Waals surface area contributed by atoms with Gasteiger partial charge in [-0.15, -0.1) is 0 Å². The van der Waals surface area contributed by atoms with Crippen molar-refractivity contribution >= 4 is 29.1 Å². The molecular formula is C17H17ClN2O3. The summed E-state index contributed by atoms with van der Waals surface area (Å²) in [5.41, 5.74) is 1.81. The van der Waals surface area contributed by atoms with Crippen LogP contribution in [0.1, 0.15) is 28.9 Å². The van der Waals surface area contributed by atoms with Gasteiger partial charge in [0.15, 0.2) is 5.78 Å². The number of amides is 2. The van der Waals surface area contributed by atoms with Crippen LogP contribution in [0.3, 0.4) is 0 Å². The van der Waals surface area contributed by atoms with Crippen molar-refractivity contribution in [2.45, 2.75) is 13.0 Å². The largest absolute Gasteiger partial charge is 0.387 e. The number of benzene rings is 2. The van der Waals surface area contributed by atoms with Crippen molar-refractivity contribution < 1.29 is 14.7 Å². The maximum atomic E-state index is 11.8. The number of hydrogen-bond acceptors (Lipinski definition) is 3. The molecule has 0 aliphatic heterocycles. The lowest BCUT2D eigenvalue weighted by molar-refractivity contribution is 0.101. The van der Waals surface area contributed by atoms with Crippen LogP contribution in [-0.4, -0.2) is 23.5 Å². The Morgan fingerprint density at radius 1 is 1.09 bits per heavy atom. The van der Waals surface area contributed by atoms with Gasteiger partial charge in [-0.3, -0.25) is 4.79 Å². The van der Waals surface area contributed by atoms with Crippen molar-refractivity contribution in [2.75, 3.05) is 11.9 Å². The molecule has 1 atom stereocenters. The molecule has 0 fully saturated rings. The Morgan fingerprint density at radius 3 is 2.26 bits per heavy atom. The van der Waals surface area contributed by atoms with Crippen LogP contribution in [0, 0.1) is 0 Å². The zero-order valence-electron chi connectivity index (χ0n) is 12.5. The molecule has 1 unspecified atom stereocenters. The summed E-state index contributed by atoms with van der Waals surface area (Å²) in [6.07, 6.45) is -0.821. The predicted molar refractivity (Wildman–Crippen MR) is 89.9 cm³/mol. The molecule has 2 aromatic carbocycles. The second-order valence-electron chi connectivity index (χ2n) is 5.04. The molecule has 0 saturated carbocycles. The Bertz CT molecular complexity index is 684. The monoisotopic (exact) mass is 332 g/mol. The minimum Gasteiger partial charge on any atom is -0.387 e. The van der Waals surface area contributed by atoms with Gasteiger partial charge in [0.25, 0.3) is 0 Å². The summed E-state index contributed by atoms with van der Waals surface area (Å²) in [6, 6.07) is 12.9. The number of ketones is 1. The Morgan fingerprint density at radius 2 is 1.70 bits per heavy atom. The lowest BCUT2D eigenvalue weighted by Crippen LogP contribution is -2.32. The second kappa shape index (κ2) is 7.76. The maximum Gasteiger partial charge on any atom is 0.319 e. The van der Waals surface area contributed by atoms with Crippen LogP contribution < -0.4 is 10.6 Å². The van der Waals surface area contributed by atoms with Gasteiger partial charge in [-0.25, -0.2) is 4.79 Å². The van der Waals surface area contributed by atoms with Crippen molar-refractivity contribution in [1.29, 1.82) is 0 Å². The number of hydrogen-bond donors (Lipinski definition) is 3. The van der Waals surface area contributed by atoms with E-state index in [1.807, 2.05) is 0 Å². The SMILES string of the molecule is CC(=O)c1ccc(NC(=O)NCC(O)c2ccc(Cl)cc2)cc1. The van der Waals surface area contributed by atoms with Crippen LogP contribution >= 0.6 is 11.6 Å². The van der Waals surface area contributed by atoms with E-state index in [-0.39, 0.29) is 12.3 Å². The number of halogens is 1.